The van der Waals surface area contributed by atoms with Gasteiger partial charge >= 0.3 is 0 Å². The van der Waals surface area contributed by atoms with E-state index in [0.29, 0.717) is 0 Å². The molecule has 2 N–H and O–H groups in total. The van der Waals surface area contributed by atoms with Crippen LogP contribution in [0.3, 0.4) is 0 Å². The molecule has 0 spiro atoms. The minimum atomic E-state index is -0.599. The highest BCUT2D eigenvalue weighted by atomic mass is 16.3. The first kappa shape index (κ1) is 15.3. The Hall–Kier alpha value is -1.06. The summed E-state index contributed by atoms with van der Waals surface area (Å²) in [7, 11) is 2.10. The number of hydrogen-bond acceptors (Lipinski definition) is 3. The SMILES string of the molecule is CCN(C)CC(c1ccc(O)cc1)C1(O)CCCCC1. The van der Waals surface area contributed by atoms with E-state index in [4.69, 9.17) is 0 Å². The third-order valence-corrected chi connectivity index (χ3v) is 4.70. The van der Waals surface area contributed by atoms with Gasteiger partial charge in [0.25, 0.3) is 0 Å². The summed E-state index contributed by atoms with van der Waals surface area (Å²) in [4.78, 5) is 2.25. The molecule has 0 amide bonds. The molecule has 0 bridgehead atoms. The van der Waals surface area contributed by atoms with Crippen molar-refractivity contribution in [2.45, 2.75) is 50.5 Å². The van der Waals surface area contributed by atoms with Gasteiger partial charge in [0.2, 0.25) is 0 Å². The first-order valence-electron chi connectivity index (χ1n) is 7.75. The fourth-order valence-corrected chi connectivity index (χ4v) is 3.25. The van der Waals surface area contributed by atoms with Crippen LogP contribution in [0.15, 0.2) is 24.3 Å². The summed E-state index contributed by atoms with van der Waals surface area (Å²) in [5.74, 6) is 0.403. The standard InChI is InChI=1S/C17H27NO2/c1-3-18(2)13-16(14-7-9-15(19)10-8-14)17(20)11-5-4-6-12-17/h7-10,16,19-20H,3-6,11-13H2,1-2H3. The van der Waals surface area contributed by atoms with E-state index in [1.165, 1.54) is 6.42 Å². The summed E-state index contributed by atoms with van der Waals surface area (Å²) in [5, 5.41) is 20.6. The molecule has 0 aliphatic heterocycles. The lowest BCUT2D eigenvalue weighted by atomic mass is 9.72. The minimum absolute atomic E-state index is 0.119. The van der Waals surface area contributed by atoms with E-state index in [0.717, 1.165) is 44.3 Å². The van der Waals surface area contributed by atoms with E-state index in [9.17, 15) is 10.2 Å². The van der Waals surface area contributed by atoms with Crippen molar-refractivity contribution in [2.24, 2.45) is 0 Å². The van der Waals surface area contributed by atoms with Gasteiger partial charge in [-0.2, -0.15) is 0 Å². The summed E-state index contributed by atoms with van der Waals surface area (Å²) >= 11 is 0. The van der Waals surface area contributed by atoms with Crippen molar-refractivity contribution in [3.63, 3.8) is 0 Å². The molecular weight excluding hydrogens is 250 g/mol. The van der Waals surface area contributed by atoms with E-state index in [2.05, 4.69) is 18.9 Å². The summed E-state index contributed by atoms with van der Waals surface area (Å²) in [6, 6.07) is 7.35. The third kappa shape index (κ3) is 3.53. The maximum atomic E-state index is 11.1. The van der Waals surface area contributed by atoms with Gasteiger partial charge in [-0.1, -0.05) is 38.3 Å². The number of aliphatic hydroxyl groups is 1. The molecule has 3 nitrogen and oxygen atoms in total. The molecule has 1 unspecified atom stereocenters. The Kier molecular flexibility index (Phi) is 5.06. The van der Waals surface area contributed by atoms with Gasteiger partial charge in [-0.3, -0.25) is 0 Å². The number of phenolic OH excluding ortho intramolecular Hbond substituents is 1. The van der Waals surface area contributed by atoms with Gasteiger partial charge in [-0.05, 0) is 44.1 Å². The number of hydrogen-bond donors (Lipinski definition) is 2. The molecule has 1 aromatic rings. The fraction of sp³-hybridized carbons (Fsp3) is 0.647. The summed E-state index contributed by atoms with van der Waals surface area (Å²) in [5.41, 5.74) is 0.533. The topological polar surface area (TPSA) is 43.7 Å². The van der Waals surface area contributed by atoms with E-state index < -0.39 is 5.60 Å². The second-order valence-electron chi connectivity index (χ2n) is 6.16. The van der Waals surface area contributed by atoms with E-state index >= 15 is 0 Å². The fourth-order valence-electron chi connectivity index (χ4n) is 3.25. The van der Waals surface area contributed by atoms with Crippen molar-refractivity contribution in [2.75, 3.05) is 20.1 Å². The van der Waals surface area contributed by atoms with Crippen LogP contribution in [0.1, 0.15) is 50.5 Å². The molecule has 0 radical (unpaired) electrons. The smallest absolute Gasteiger partial charge is 0.115 e. The highest BCUT2D eigenvalue weighted by Gasteiger charge is 2.38. The molecule has 1 aromatic carbocycles. The zero-order valence-corrected chi connectivity index (χ0v) is 12.7. The Bertz CT molecular complexity index is 410. The molecule has 1 fully saturated rings. The number of benzene rings is 1. The van der Waals surface area contributed by atoms with E-state index in [1.54, 1.807) is 12.1 Å². The van der Waals surface area contributed by atoms with Gasteiger partial charge < -0.3 is 15.1 Å². The highest BCUT2D eigenvalue weighted by molar-refractivity contribution is 5.30. The normalized spacial score (nSPS) is 20.0. The summed E-state index contributed by atoms with van der Waals surface area (Å²) in [6.07, 6.45) is 5.22. The number of aromatic hydroxyl groups is 1. The molecule has 0 aromatic heterocycles. The molecule has 3 heteroatoms. The predicted octanol–water partition coefficient (Wildman–Crippen LogP) is 3.12. The molecule has 0 saturated heterocycles. The first-order valence-corrected chi connectivity index (χ1v) is 7.75. The van der Waals surface area contributed by atoms with Gasteiger partial charge in [0.05, 0.1) is 5.60 Å². The van der Waals surface area contributed by atoms with Crippen LogP contribution in [0.25, 0.3) is 0 Å². The molecule has 2 rings (SSSR count). The van der Waals surface area contributed by atoms with Crippen LogP contribution in [-0.4, -0.2) is 40.9 Å². The molecule has 1 atom stereocenters. The number of nitrogens with zero attached hydrogens (tertiary/aromatic N) is 1. The van der Waals surface area contributed by atoms with Gasteiger partial charge in [-0.25, -0.2) is 0 Å². The molecule has 1 saturated carbocycles. The maximum Gasteiger partial charge on any atom is 0.115 e. The molecule has 1 aliphatic rings. The van der Waals surface area contributed by atoms with Gasteiger partial charge in [0.15, 0.2) is 0 Å². The van der Waals surface area contributed by atoms with Crippen LogP contribution < -0.4 is 0 Å². The number of phenols is 1. The van der Waals surface area contributed by atoms with Crippen LogP contribution in [0, 0.1) is 0 Å². The van der Waals surface area contributed by atoms with Gasteiger partial charge in [0.1, 0.15) is 5.75 Å². The van der Waals surface area contributed by atoms with Crippen molar-refractivity contribution in [1.29, 1.82) is 0 Å². The monoisotopic (exact) mass is 277 g/mol. The average molecular weight is 277 g/mol. The largest absolute Gasteiger partial charge is 0.508 e. The van der Waals surface area contributed by atoms with Crippen LogP contribution in [0.5, 0.6) is 5.75 Å². The molecular formula is C17H27NO2. The van der Waals surface area contributed by atoms with Crippen LogP contribution in [-0.2, 0) is 0 Å². The second kappa shape index (κ2) is 6.59. The van der Waals surface area contributed by atoms with Gasteiger partial charge in [-0.15, -0.1) is 0 Å². The van der Waals surface area contributed by atoms with E-state index in [-0.39, 0.29) is 11.7 Å². The Morgan fingerprint density at radius 2 is 1.75 bits per heavy atom. The summed E-state index contributed by atoms with van der Waals surface area (Å²) < 4.78 is 0. The van der Waals surface area contributed by atoms with Crippen LogP contribution in [0.4, 0.5) is 0 Å². The Labute approximate surface area is 122 Å². The zero-order valence-electron chi connectivity index (χ0n) is 12.7. The lowest BCUT2D eigenvalue weighted by molar-refractivity contribution is -0.0289. The molecule has 112 valence electrons. The summed E-state index contributed by atoms with van der Waals surface area (Å²) in [6.45, 7) is 3.97. The Morgan fingerprint density at radius 3 is 2.30 bits per heavy atom. The Balaban J connectivity index is 2.25. The van der Waals surface area contributed by atoms with Gasteiger partial charge in [0, 0.05) is 12.5 Å². The number of rotatable bonds is 5. The van der Waals surface area contributed by atoms with Crippen molar-refractivity contribution in [3.8, 4) is 5.75 Å². The van der Waals surface area contributed by atoms with E-state index in [1.807, 2.05) is 12.1 Å². The second-order valence-corrected chi connectivity index (χ2v) is 6.16. The highest BCUT2D eigenvalue weighted by Crippen LogP contribution is 2.40. The van der Waals surface area contributed by atoms with Crippen molar-refractivity contribution >= 4 is 0 Å². The molecule has 1 aliphatic carbocycles. The number of likely N-dealkylation sites (N-methyl/N-ethyl adjacent to an activating group) is 1. The third-order valence-electron chi connectivity index (χ3n) is 4.70. The van der Waals surface area contributed by atoms with Crippen molar-refractivity contribution < 1.29 is 10.2 Å². The lowest BCUT2D eigenvalue weighted by Gasteiger charge is -2.41. The average Bonchev–Trinajstić information content (AvgIpc) is 2.46. The lowest BCUT2D eigenvalue weighted by Crippen LogP contribution is -2.43. The van der Waals surface area contributed by atoms with Crippen molar-refractivity contribution in [3.05, 3.63) is 29.8 Å². The van der Waals surface area contributed by atoms with Crippen LogP contribution >= 0.6 is 0 Å². The predicted molar refractivity (Wildman–Crippen MR) is 82.1 cm³/mol. The van der Waals surface area contributed by atoms with Crippen LogP contribution in [0.2, 0.25) is 0 Å². The Morgan fingerprint density at radius 1 is 1.15 bits per heavy atom. The maximum absolute atomic E-state index is 11.1. The molecule has 20 heavy (non-hydrogen) atoms. The van der Waals surface area contributed by atoms with Crippen molar-refractivity contribution in [1.82, 2.24) is 4.90 Å². The molecule has 0 heterocycles. The zero-order chi connectivity index (χ0) is 14.6. The quantitative estimate of drug-likeness (QED) is 0.869. The minimum Gasteiger partial charge on any atom is -0.508 e. The first-order chi connectivity index (χ1) is 9.55.